The molecule has 1 aromatic carbocycles. The third kappa shape index (κ3) is 1.52. The standard InChI is InChI=1S/C9H11O2/c1-2-7-4-3-5-9(11)8(7)6-10/h3-5,10-11H,1-2,6H2. The summed E-state index contributed by atoms with van der Waals surface area (Å²) in [5.41, 5.74) is 1.48. The molecule has 0 saturated heterocycles. The minimum atomic E-state index is -0.127. The normalized spacial score (nSPS) is 10.0. The van der Waals surface area contributed by atoms with Crippen LogP contribution in [0.3, 0.4) is 0 Å². The summed E-state index contributed by atoms with van der Waals surface area (Å²) in [6.07, 6.45) is 0.588. The summed E-state index contributed by atoms with van der Waals surface area (Å²) in [7, 11) is 0. The van der Waals surface area contributed by atoms with Gasteiger partial charge in [0.15, 0.2) is 0 Å². The third-order valence-electron chi connectivity index (χ3n) is 1.68. The molecule has 2 heteroatoms. The molecule has 1 rings (SSSR count). The van der Waals surface area contributed by atoms with Crippen LogP contribution in [0, 0.1) is 6.92 Å². The molecule has 0 atom stereocenters. The third-order valence-corrected chi connectivity index (χ3v) is 1.68. The molecule has 59 valence electrons. The lowest BCUT2D eigenvalue weighted by molar-refractivity contribution is 0.274. The quantitative estimate of drug-likeness (QED) is 0.668. The Labute approximate surface area is 66.1 Å². The van der Waals surface area contributed by atoms with Crippen molar-refractivity contribution >= 4 is 0 Å². The predicted molar refractivity (Wildman–Crippen MR) is 43.1 cm³/mol. The zero-order valence-corrected chi connectivity index (χ0v) is 6.25. The molecule has 0 spiro atoms. The van der Waals surface area contributed by atoms with Crippen LogP contribution in [0.2, 0.25) is 0 Å². The molecule has 0 aliphatic carbocycles. The summed E-state index contributed by atoms with van der Waals surface area (Å²) in [5, 5.41) is 18.1. The molecule has 2 N–H and O–H groups in total. The lowest BCUT2D eigenvalue weighted by atomic mass is 10.1. The van der Waals surface area contributed by atoms with Gasteiger partial charge in [0.05, 0.1) is 6.61 Å². The van der Waals surface area contributed by atoms with Crippen molar-refractivity contribution in [1.82, 2.24) is 0 Å². The van der Waals surface area contributed by atoms with Crippen molar-refractivity contribution in [3.63, 3.8) is 0 Å². The number of hydrogen-bond acceptors (Lipinski definition) is 2. The van der Waals surface area contributed by atoms with Gasteiger partial charge < -0.3 is 10.2 Å². The fraction of sp³-hybridized carbons (Fsp3) is 0.222. The van der Waals surface area contributed by atoms with Crippen molar-refractivity contribution < 1.29 is 10.2 Å². The van der Waals surface area contributed by atoms with E-state index in [0.29, 0.717) is 12.0 Å². The summed E-state index contributed by atoms with van der Waals surface area (Å²) < 4.78 is 0. The smallest absolute Gasteiger partial charge is 0.121 e. The molecule has 0 saturated carbocycles. The van der Waals surface area contributed by atoms with Gasteiger partial charge in [-0.1, -0.05) is 12.1 Å². The Morgan fingerprint density at radius 2 is 2.09 bits per heavy atom. The predicted octanol–water partition coefficient (Wildman–Crippen LogP) is 1.26. The number of hydrogen-bond donors (Lipinski definition) is 2. The number of aliphatic hydroxyl groups excluding tert-OH is 1. The van der Waals surface area contributed by atoms with Crippen LogP contribution < -0.4 is 0 Å². The van der Waals surface area contributed by atoms with Crippen molar-refractivity contribution in [2.45, 2.75) is 13.0 Å². The van der Waals surface area contributed by atoms with Crippen molar-refractivity contribution in [2.24, 2.45) is 0 Å². The van der Waals surface area contributed by atoms with Crippen LogP contribution in [0.25, 0.3) is 0 Å². The van der Waals surface area contributed by atoms with Crippen molar-refractivity contribution in [1.29, 1.82) is 0 Å². The highest BCUT2D eigenvalue weighted by Gasteiger charge is 2.03. The molecule has 0 fully saturated rings. The molecule has 0 unspecified atom stereocenters. The summed E-state index contributed by atoms with van der Waals surface area (Å²) in [5.74, 6) is 0.147. The Hall–Kier alpha value is -1.02. The SMILES string of the molecule is [CH2]Cc1cccc(O)c1CO. The first-order chi connectivity index (χ1) is 5.29. The molecule has 0 aromatic heterocycles. The van der Waals surface area contributed by atoms with E-state index in [2.05, 4.69) is 6.92 Å². The average Bonchev–Trinajstić information content (AvgIpc) is 2.04. The molecule has 0 amide bonds. The van der Waals surface area contributed by atoms with E-state index in [9.17, 15) is 5.11 Å². The second kappa shape index (κ2) is 3.39. The van der Waals surface area contributed by atoms with Crippen molar-refractivity contribution in [3.8, 4) is 5.75 Å². The Morgan fingerprint density at radius 3 is 2.55 bits per heavy atom. The number of phenols is 1. The van der Waals surface area contributed by atoms with Crippen LogP contribution in [0.5, 0.6) is 5.75 Å². The molecule has 0 bridgehead atoms. The van der Waals surface area contributed by atoms with Gasteiger partial charge in [0.2, 0.25) is 0 Å². The van der Waals surface area contributed by atoms with E-state index in [1.165, 1.54) is 0 Å². The van der Waals surface area contributed by atoms with Gasteiger partial charge in [-0.05, 0) is 25.0 Å². The van der Waals surface area contributed by atoms with Gasteiger partial charge in [-0.2, -0.15) is 0 Å². The summed E-state index contributed by atoms with van der Waals surface area (Å²) in [4.78, 5) is 0. The molecule has 2 nitrogen and oxygen atoms in total. The molecule has 1 aromatic rings. The second-order valence-electron chi connectivity index (χ2n) is 2.32. The lowest BCUT2D eigenvalue weighted by Gasteiger charge is -2.05. The van der Waals surface area contributed by atoms with E-state index in [4.69, 9.17) is 5.11 Å². The zero-order valence-electron chi connectivity index (χ0n) is 6.25. The van der Waals surface area contributed by atoms with Gasteiger partial charge in [0, 0.05) is 5.56 Å². The van der Waals surface area contributed by atoms with Gasteiger partial charge in [-0.25, -0.2) is 0 Å². The number of rotatable bonds is 2. The van der Waals surface area contributed by atoms with Crippen molar-refractivity contribution in [2.75, 3.05) is 0 Å². The van der Waals surface area contributed by atoms with E-state index >= 15 is 0 Å². The highest BCUT2D eigenvalue weighted by Crippen LogP contribution is 2.20. The fourth-order valence-electron chi connectivity index (χ4n) is 1.04. The van der Waals surface area contributed by atoms with Crippen LogP contribution in [-0.4, -0.2) is 10.2 Å². The molecule has 0 aliphatic heterocycles. The molecular weight excluding hydrogens is 140 g/mol. The minimum Gasteiger partial charge on any atom is -0.508 e. The first-order valence-corrected chi connectivity index (χ1v) is 3.49. The van der Waals surface area contributed by atoms with Gasteiger partial charge in [0.25, 0.3) is 0 Å². The summed E-state index contributed by atoms with van der Waals surface area (Å²) >= 11 is 0. The average molecular weight is 151 g/mol. The topological polar surface area (TPSA) is 40.5 Å². The van der Waals surface area contributed by atoms with Crippen LogP contribution in [-0.2, 0) is 13.0 Å². The Balaban J connectivity index is 3.13. The number of aromatic hydroxyl groups is 1. The Morgan fingerprint density at radius 1 is 1.36 bits per heavy atom. The number of benzene rings is 1. The summed E-state index contributed by atoms with van der Waals surface area (Å²) in [6, 6.07) is 5.15. The van der Waals surface area contributed by atoms with E-state index in [0.717, 1.165) is 5.56 Å². The van der Waals surface area contributed by atoms with E-state index in [1.54, 1.807) is 12.1 Å². The van der Waals surface area contributed by atoms with E-state index in [1.807, 2.05) is 6.07 Å². The first-order valence-electron chi connectivity index (χ1n) is 3.49. The van der Waals surface area contributed by atoms with Gasteiger partial charge in [-0.3, -0.25) is 0 Å². The maximum atomic E-state index is 9.23. The minimum absolute atomic E-state index is 0.127. The highest BCUT2D eigenvalue weighted by atomic mass is 16.3. The van der Waals surface area contributed by atoms with Crippen LogP contribution >= 0.6 is 0 Å². The number of aliphatic hydroxyl groups is 1. The molecule has 11 heavy (non-hydrogen) atoms. The first kappa shape index (κ1) is 8.08. The van der Waals surface area contributed by atoms with Crippen LogP contribution in [0.4, 0.5) is 0 Å². The molecule has 1 radical (unpaired) electrons. The summed E-state index contributed by atoms with van der Waals surface area (Å²) in [6.45, 7) is 3.56. The van der Waals surface area contributed by atoms with Crippen LogP contribution in [0.1, 0.15) is 11.1 Å². The zero-order chi connectivity index (χ0) is 8.27. The van der Waals surface area contributed by atoms with E-state index < -0.39 is 0 Å². The van der Waals surface area contributed by atoms with Crippen molar-refractivity contribution in [3.05, 3.63) is 36.2 Å². The van der Waals surface area contributed by atoms with Crippen LogP contribution in [0.15, 0.2) is 18.2 Å². The monoisotopic (exact) mass is 151 g/mol. The lowest BCUT2D eigenvalue weighted by Crippen LogP contribution is -1.92. The molecule has 0 heterocycles. The maximum Gasteiger partial charge on any atom is 0.121 e. The highest BCUT2D eigenvalue weighted by molar-refractivity contribution is 5.38. The van der Waals surface area contributed by atoms with E-state index in [-0.39, 0.29) is 12.4 Å². The fourth-order valence-corrected chi connectivity index (χ4v) is 1.04. The maximum absolute atomic E-state index is 9.23. The Bertz CT molecular complexity index is 243. The Kier molecular flexibility index (Phi) is 2.49. The molecule has 0 aliphatic rings. The van der Waals surface area contributed by atoms with Gasteiger partial charge >= 0.3 is 0 Å². The van der Waals surface area contributed by atoms with Gasteiger partial charge in [0.1, 0.15) is 5.75 Å². The van der Waals surface area contributed by atoms with Gasteiger partial charge in [-0.15, -0.1) is 0 Å². The largest absolute Gasteiger partial charge is 0.508 e. The second-order valence-corrected chi connectivity index (χ2v) is 2.32. The molecular formula is C9H11O2.